The summed E-state index contributed by atoms with van der Waals surface area (Å²) in [6.07, 6.45) is 1.70. The van der Waals surface area contributed by atoms with E-state index in [4.69, 9.17) is 4.74 Å². The summed E-state index contributed by atoms with van der Waals surface area (Å²) in [6.45, 7) is 7.80. The number of nitrogens with zero attached hydrogens (tertiary/aromatic N) is 1. The zero-order valence-electron chi connectivity index (χ0n) is 17.3. The van der Waals surface area contributed by atoms with Crippen LogP contribution in [-0.2, 0) is 19.1 Å². The van der Waals surface area contributed by atoms with E-state index in [1.54, 1.807) is 14.0 Å². The van der Waals surface area contributed by atoms with Gasteiger partial charge < -0.3 is 19.9 Å². The average molecular weight is 391 g/mol. The van der Waals surface area contributed by atoms with Crippen LogP contribution in [0.3, 0.4) is 0 Å². The number of ether oxygens (including phenoxy) is 1. The van der Waals surface area contributed by atoms with E-state index in [0.717, 1.165) is 41.1 Å². The number of esters is 1. The molecule has 1 aromatic carbocycles. The van der Waals surface area contributed by atoms with Crippen molar-refractivity contribution < 1.29 is 24.0 Å². The molecule has 1 unspecified atom stereocenters. The molecule has 28 heavy (non-hydrogen) atoms. The van der Waals surface area contributed by atoms with Gasteiger partial charge in [-0.1, -0.05) is 18.2 Å². The number of anilines is 1. The van der Waals surface area contributed by atoms with E-state index in [1.807, 2.05) is 32.0 Å². The molecule has 1 aliphatic heterocycles. The molecule has 0 bridgehead atoms. The number of quaternary nitrogens is 1. The first-order valence-electron chi connectivity index (χ1n) is 9.92. The minimum absolute atomic E-state index is 0.00118. The number of likely N-dealkylation sites (N-methyl/N-ethyl adjacent to an activating group) is 1. The first-order valence-corrected chi connectivity index (χ1v) is 9.92. The predicted molar refractivity (Wildman–Crippen MR) is 107 cm³/mol. The Bertz CT molecular complexity index is 699. The molecule has 0 aliphatic carbocycles. The highest BCUT2D eigenvalue weighted by Crippen LogP contribution is 2.19. The molecule has 0 saturated carbocycles. The van der Waals surface area contributed by atoms with Gasteiger partial charge in [0.15, 0.2) is 6.54 Å². The number of aryl methyl sites for hydroxylation is 2. The number of hydrogen-bond donors (Lipinski definition) is 2. The van der Waals surface area contributed by atoms with E-state index in [2.05, 4.69) is 5.32 Å². The first kappa shape index (κ1) is 21.9. The third-order valence-electron chi connectivity index (χ3n) is 5.19. The minimum Gasteiger partial charge on any atom is -0.466 e. The lowest BCUT2D eigenvalue weighted by Gasteiger charge is -2.29. The van der Waals surface area contributed by atoms with Crippen LogP contribution in [0.1, 0.15) is 30.9 Å². The summed E-state index contributed by atoms with van der Waals surface area (Å²) in [5.41, 5.74) is 2.78. The number of nitrogens with one attached hydrogen (secondary N) is 2. The number of para-hydroxylation sites is 1. The van der Waals surface area contributed by atoms with Crippen molar-refractivity contribution in [3.8, 4) is 0 Å². The lowest BCUT2D eigenvalue weighted by molar-refractivity contribution is -0.899. The van der Waals surface area contributed by atoms with Gasteiger partial charge in [-0.25, -0.2) is 0 Å². The molecule has 154 valence electrons. The third-order valence-corrected chi connectivity index (χ3v) is 5.19. The zero-order valence-corrected chi connectivity index (χ0v) is 17.3. The Kier molecular flexibility index (Phi) is 7.99. The standard InChI is InChI=1S/C21H31N3O4/c1-5-28-21(27)17-10-7-11-24(12-17)14-19(26)23(4)13-18(25)22-20-15(2)8-6-9-16(20)3/h6,8-9,17H,5,7,10-14H2,1-4H3,(H,22,25)/p+1/t17-/m1/s1. The molecule has 1 aliphatic rings. The van der Waals surface area contributed by atoms with Gasteiger partial charge in [0, 0.05) is 12.7 Å². The zero-order chi connectivity index (χ0) is 20.7. The molecule has 7 nitrogen and oxygen atoms in total. The maximum absolute atomic E-state index is 12.5. The summed E-state index contributed by atoms with van der Waals surface area (Å²) in [5.74, 6) is -0.634. The number of carbonyl (C=O) groups is 3. The van der Waals surface area contributed by atoms with Gasteiger partial charge in [-0.3, -0.25) is 14.4 Å². The van der Waals surface area contributed by atoms with Crippen molar-refractivity contribution in [1.29, 1.82) is 0 Å². The maximum atomic E-state index is 12.5. The number of amides is 2. The molecular weight excluding hydrogens is 358 g/mol. The maximum Gasteiger partial charge on any atom is 0.314 e. The monoisotopic (exact) mass is 390 g/mol. The lowest BCUT2D eigenvalue weighted by atomic mass is 9.98. The number of piperidine rings is 1. The van der Waals surface area contributed by atoms with Crippen LogP contribution in [0, 0.1) is 19.8 Å². The van der Waals surface area contributed by atoms with Crippen molar-refractivity contribution in [2.75, 3.05) is 45.2 Å². The quantitative estimate of drug-likeness (QED) is 0.667. The van der Waals surface area contributed by atoms with Crippen LogP contribution < -0.4 is 10.2 Å². The topological polar surface area (TPSA) is 80.2 Å². The molecule has 2 amide bonds. The smallest absolute Gasteiger partial charge is 0.314 e. The number of benzene rings is 1. The second-order valence-electron chi connectivity index (χ2n) is 7.54. The fourth-order valence-corrected chi connectivity index (χ4v) is 3.62. The Morgan fingerprint density at radius 3 is 2.57 bits per heavy atom. The van der Waals surface area contributed by atoms with Crippen LogP contribution in [0.2, 0.25) is 0 Å². The molecule has 2 atom stereocenters. The van der Waals surface area contributed by atoms with Crippen molar-refractivity contribution in [2.45, 2.75) is 33.6 Å². The second kappa shape index (κ2) is 10.2. The Morgan fingerprint density at radius 2 is 1.93 bits per heavy atom. The van der Waals surface area contributed by atoms with E-state index in [1.165, 1.54) is 4.90 Å². The number of carbonyl (C=O) groups excluding carboxylic acids is 3. The average Bonchev–Trinajstić information content (AvgIpc) is 2.65. The van der Waals surface area contributed by atoms with Crippen LogP contribution in [0.5, 0.6) is 0 Å². The SMILES string of the molecule is CCOC(=O)[C@@H]1CCC[NH+](CC(=O)N(C)CC(=O)Nc2c(C)cccc2C)C1. The predicted octanol–water partition coefficient (Wildman–Crippen LogP) is 0.558. The van der Waals surface area contributed by atoms with E-state index >= 15 is 0 Å². The van der Waals surface area contributed by atoms with Crippen molar-refractivity contribution in [3.63, 3.8) is 0 Å². The third kappa shape index (κ3) is 6.05. The highest BCUT2D eigenvalue weighted by atomic mass is 16.5. The molecule has 1 aromatic rings. The number of rotatable bonds is 7. The van der Waals surface area contributed by atoms with E-state index in [9.17, 15) is 14.4 Å². The molecule has 0 spiro atoms. The van der Waals surface area contributed by atoms with Gasteiger partial charge in [0.2, 0.25) is 5.91 Å². The molecule has 0 aromatic heterocycles. The van der Waals surface area contributed by atoms with Gasteiger partial charge >= 0.3 is 5.97 Å². The van der Waals surface area contributed by atoms with Gasteiger partial charge in [-0.05, 0) is 44.7 Å². The summed E-state index contributed by atoms with van der Waals surface area (Å²) in [7, 11) is 1.64. The van der Waals surface area contributed by atoms with Gasteiger partial charge in [-0.2, -0.15) is 0 Å². The summed E-state index contributed by atoms with van der Waals surface area (Å²) >= 11 is 0. The minimum atomic E-state index is -0.216. The van der Waals surface area contributed by atoms with Gasteiger partial charge in [0.1, 0.15) is 5.92 Å². The Hall–Kier alpha value is -2.41. The highest BCUT2D eigenvalue weighted by molar-refractivity contribution is 5.95. The summed E-state index contributed by atoms with van der Waals surface area (Å²) in [6, 6.07) is 5.83. The van der Waals surface area contributed by atoms with E-state index in [0.29, 0.717) is 13.2 Å². The van der Waals surface area contributed by atoms with Crippen LogP contribution in [-0.4, -0.2) is 62.5 Å². The van der Waals surface area contributed by atoms with Crippen molar-refractivity contribution in [2.24, 2.45) is 5.92 Å². The van der Waals surface area contributed by atoms with Crippen molar-refractivity contribution >= 4 is 23.5 Å². The molecule has 1 heterocycles. The van der Waals surface area contributed by atoms with Crippen LogP contribution in [0.4, 0.5) is 5.69 Å². The highest BCUT2D eigenvalue weighted by Gasteiger charge is 2.31. The summed E-state index contributed by atoms with van der Waals surface area (Å²) in [5, 5.41) is 2.90. The first-order chi connectivity index (χ1) is 13.3. The molecule has 1 fully saturated rings. The second-order valence-corrected chi connectivity index (χ2v) is 7.54. The Morgan fingerprint density at radius 1 is 1.25 bits per heavy atom. The van der Waals surface area contributed by atoms with E-state index < -0.39 is 0 Å². The largest absolute Gasteiger partial charge is 0.466 e. The van der Waals surface area contributed by atoms with Gasteiger partial charge in [0.05, 0.1) is 26.2 Å². The number of likely N-dealkylation sites (tertiary alicyclic amines) is 1. The molecule has 7 heteroatoms. The fourth-order valence-electron chi connectivity index (χ4n) is 3.62. The lowest BCUT2D eigenvalue weighted by Crippen LogP contribution is -3.14. The molecule has 2 rings (SSSR count). The fraction of sp³-hybridized carbons (Fsp3) is 0.571. The van der Waals surface area contributed by atoms with E-state index in [-0.39, 0.29) is 36.8 Å². The molecular formula is C21H32N3O4+. The molecule has 0 radical (unpaired) electrons. The normalized spacial score (nSPS) is 19.0. The number of hydrogen-bond acceptors (Lipinski definition) is 4. The van der Waals surface area contributed by atoms with Gasteiger partial charge in [0.25, 0.3) is 5.91 Å². The van der Waals surface area contributed by atoms with Crippen molar-refractivity contribution in [3.05, 3.63) is 29.3 Å². The summed E-state index contributed by atoms with van der Waals surface area (Å²) in [4.78, 5) is 39.4. The van der Waals surface area contributed by atoms with Crippen LogP contribution in [0.15, 0.2) is 18.2 Å². The summed E-state index contributed by atoms with van der Waals surface area (Å²) < 4.78 is 5.11. The Balaban J connectivity index is 1.85. The van der Waals surface area contributed by atoms with Crippen LogP contribution in [0.25, 0.3) is 0 Å². The molecule has 1 saturated heterocycles. The Labute approximate surface area is 167 Å². The van der Waals surface area contributed by atoms with Crippen LogP contribution >= 0.6 is 0 Å². The van der Waals surface area contributed by atoms with Gasteiger partial charge in [-0.15, -0.1) is 0 Å². The van der Waals surface area contributed by atoms with Crippen molar-refractivity contribution in [1.82, 2.24) is 4.90 Å². The molecule has 2 N–H and O–H groups in total.